The maximum Gasteiger partial charge on any atom is 0.132 e. The number of halogens is 2. The van der Waals surface area contributed by atoms with Crippen LogP contribution in [0.25, 0.3) is 5.57 Å². The molecule has 4 heteroatoms. The first kappa shape index (κ1) is 22.1. The van der Waals surface area contributed by atoms with Gasteiger partial charge in [0.25, 0.3) is 0 Å². The number of rotatable bonds is 7. The van der Waals surface area contributed by atoms with Gasteiger partial charge in [0.1, 0.15) is 11.6 Å². The Bertz CT molecular complexity index is 1100. The predicted octanol–water partition coefficient (Wildman–Crippen LogP) is 6.90. The minimum absolute atomic E-state index is 0.286. The van der Waals surface area contributed by atoms with Gasteiger partial charge in [-0.1, -0.05) is 57.8 Å². The fourth-order valence-electron chi connectivity index (χ4n) is 3.41. The van der Waals surface area contributed by atoms with Crippen LogP contribution in [0.3, 0.4) is 0 Å². The fourth-order valence-corrected chi connectivity index (χ4v) is 3.77. The van der Waals surface area contributed by atoms with Crippen molar-refractivity contribution in [2.24, 2.45) is 4.99 Å². The first-order valence-corrected chi connectivity index (χ1v) is 10.5. The molecule has 0 heterocycles. The van der Waals surface area contributed by atoms with E-state index in [1.165, 1.54) is 29.3 Å². The Morgan fingerprint density at radius 2 is 1.70 bits per heavy atom. The summed E-state index contributed by atoms with van der Waals surface area (Å²) in [6.45, 7) is 8.87. The first-order chi connectivity index (χ1) is 14.3. The molecule has 3 rings (SSSR count). The Balaban J connectivity index is 1.65. The Labute approximate surface area is 179 Å². The molecule has 0 aliphatic heterocycles. The molecule has 1 nitrogen and oxygen atoms in total. The lowest BCUT2D eigenvalue weighted by Crippen LogP contribution is -2.00. The first-order valence-electron chi connectivity index (χ1n) is 9.92. The zero-order valence-electron chi connectivity index (χ0n) is 17.4. The van der Waals surface area contributed by atoms with Crippen LogP contribution >= 0.6 is 9.24 Å². The fraction of sp³-hybridized carbons (Fsp3) is 0.192. The topological polar surface area (TPSA) is 12.4 Å². The van der Waals surface area contributed by atoms with E-state index in [9.17, 15) is 8.78 Å². The summed E-state index contributed by atoms with van der Waals surface area (Å²) in [5, 5.41) is 0. The number of aryl methyl sites for hydroxylation is 2. The lowest BCUT2D eigenvalue weighted by atomic mass is 9.97. The Morgan fingerprint density at radius 1 is 0.933 bits per heavy atom. The van der Waals surface area contributed by atoms with Gasteiger partial charge in [0.2, 0.25) is 0 Å². The summed E-state index contributed by atoms with van der Waals surface area (Å²) in [6, 6.07) is 17.8. The average Bonchev–Trinajstić information content (AvgIpc) is 2.69. The summed E-state index contributed by atoms with van der Waals surface area (Å²) in [7, 11) is 2.53. The molecule has 0 fully saturated rings. The normalized spacial score (nSPS) is 11.6. The van der Waals surface area contributed by atoms with Crippen molar-refractivity contribution in [2.75, 3.05) is 6.54 Å². The second-order valence-corrected chi connectivity index (χ2v) is 8.11. The Hall–Kier alpha value is -2.64. The molecule has 0 aliphatic rings. The Kier molecular flexibility index (Phi) is 7.29. The highest BCUT2D eigenvalue weighted by atomic mass is 31.0. The van der Waals surface area contributed by atoms with E-state index in [4.69, 9.17) is 0 Å². The van der Waals surface area contributed by atoms with Crippen LogP contribution in [0, 0.1) is 25.5 Å². The third-order valence-electron chi connectivity index (χ3n) is 5.08. The van der Waals surface area contributed by atoms with Crippen LogP contribution in [0.4, 0.5) is 8.78 Å². The van der Waals surface area contributed by atoms with E-state index in [-0.39, 0.29) is 11.6 Å². The summed E-state index contributed by atoms with van der Waals surface area (Å²) in [6.07, 6.45) is 1.19. The van der Waals surface area contributed by atoms with Crippen molar-refractivity contribution in [3.8, 4) is 0 Å². The highest BCUT2D eigenvalue weighted by molar-refractivity contribution is 7.42. The van der Waals surface area contributed by atoms with Crippen molar-refractivity contribution in [1.82, 2.24) is 0 Å². The molecule has 0 aliphatic carbocycles. The molecular formula is C26H26F2NP. The maximum atomic E-state index is 14.6. The summed E-state index contributed by atoms with van der Waals surface area (Å²) in [5.74, 6) is -0.613. The van der Waals surface area contributed by atoms with Crippen LogP contribution in [0.15, 0.2) is 72.2 Å². The van der Waals surface area contributed by atoms with Crippen LogP contribution in [0.1, 0.15) is 39.8 Å². The highest BCUT2D eigenvalue weighted by Crippen LogP contribution is 2.22. The van der Waals surface area contributed by atoms with Crippen molar-refractivity contribution >= 4 is 20.3 Å². The predicted molar refractivity (Wildman–Crippen MR) is 126 cm³/mol. The molecule has 154 valence electrons. The SMILES string of the molecule is C=C(CCN=C(P)c1ccc(Cc2cccc(F)c2)cc1F)c1cc(C)ccc1C. The van der Waals surface area contributed by atoms with Crippen LogP contribution in [0.5, 0.6) is 0 Å². The summed E-state index contributed by atoms with van der Waals surface area (Å²) < 4.78 is 28.0. The van der Waals surface area contributed by atoms with Gasteiger partial charge in [-0.25, -0.2) is 8.78 Å². The van der Waals surface area contributed by atoms with Gasteiger partial charge < -0.3 is 0 Å². The number of benzene rings is 3. The molecule has 0 radical (unpaired) electrons. The van der Waals surface area contributed by atoms with Crippen LogP contribution < -0.4 is 0 Å². The third kappa shape index (κ3) is 5.70. The van der Waals surface area contributed by atoms with E-state index < -0.39 is 0 Å². The van der Waals surface area contributed by atoms with Gasteiger partial charge >= 0.3 is 0 Å². The standard InChI is InChI=1S/C26H26F2NP/c1-17-7-8-18(2)24(13-17)19(3)11-12-29-26(30)23-10-9-21(16-25(23)28)14-20-5-4-6-22(27)15-20/h4-10,13,15-16H,3,11-12,14,30H2,1-2H3. The quantitative estimate of drug-likeness (QED) is 0.291. The van der Waals surface area contributed by atoms with Crippen LogP contribution in [-0.2, 0) is 6.42 Å². The largest absolute Gasteiger partial charge is 0.284 e. The molecule has 0 bridgehead atoms. The number of aliphatic imine (C=N–C) groups is 1. The minimum Gasteiger partial charge on any atom is -0.284 e. The van der Waals surface area contributed by atoms with E-state index in [1.807, 2.05) is 12.1 Å². The molecule has 0 saturated heterocycles. The van der Waals surface area contributed by atoms with Gasteiger partial charge in [-0.05, 0) is 78.8 Å². The smallest absolute Gasteiger partial charge is 0.132 e. The van der Waals surface area contributed by atoms with Gasteiger partial charge in [-0.3, -0.25) is 4.99 Å². The third-order valence-corrected chi connectivity index (χ3v) is 5.57. The van der Waals surface area contributed by atoms with Gasteiger partial charge in [0.05, 0.1) is 5.45 Å². The summed E-state index contributed by atoms with van der Waals surface area (Å²) in [5.41, 5.74) is 7.23. The molecule has 30 heavy (non-hydrogen) atoms. The molecule has 0 aromatic heterocycles. The highest BCUT2D eigenvalue weighted by Gasteiger charge is 2.09. The van der Waals surface area contributed by atoms with Crippen molar-refractivity contribution in [1.29, 1.82) is 0 Å². The van der Waals surface area contributed by atoms with Gasteiger partial charge in [-0.15, -0.1) is 0 Å². The van der Waals surface area contributed by atoms with Crippen molar-refractivity contribution in [3.63, 3.8) is 0 Å². The van der Waals surface area contributed by atoms with Gasteiger partial charge in [0, 0.05) is 12.1 Å². The van der Waals surface area contributed by atoms with Crippen LogP contribution in [-0.4, -0.2) is 12.0 Å². The Morgan fingerprint density at radius 3 is 2.43 bits per heavy atom. The zero-order chi connectivity index (χ0) is 21.7. The number of hydrogen-bond donors (Lipinski definition) is 0. The molecule has 3 aromatic rings. The molecule has 0 saturated carbocycles. The van der Waals surface area contributed by atoms with E-state index in [0.717, 1.165) is 22.3 Å². The van der Waals surface area contributed by atoms with Crippen LogP contribution in [0.2, 0.25) is 0 Å². The minimum atomic E-state index is -0.328. The van der Waals surface area contributed by atoms with E-state index in [0.29, 0.717) is 30.4 Å². The molecule has 1 atom stereocenters. The molecule has 0 spiro atoms. The average molecular weight is 421 g/mol. The molecule has 0 amide bonds. The number of nitrogens with zero attached hydrogens (tertiary/aromatic N) is 1. The van der Waals surface area contributed by atoms with Gasteiger partial charge in [-0.2, -0.15) is 0 Å². The van der Waals surface area contributed by atoms with Crippen molar-refractivity contribution in [2.45, 2.75) is 26.7 Å². The lowest BCUT2D eigenvalue weighted by molar-refractivity contribution is 0.623. The summed E-state index contributed by atoms with van der Waals surface area (Å²) >= 11 is 0. The van der Waals surface area contributed by atoms with Gasteiger partial charge in [0.15, 0.2) is 0 Å². The monoisotopic (exact) mass is 421 g/mol. The van der Waals surface area contributed by atoms with Crippen molar-refractivity contribution < 1.29 is 8.78 Å². The summed E-state index contributed by atoms with van der Waals surface area (Å²) in [4.78, 5) is 4.53. The lowest BCUT2D eigenvalue weighted by Gasteiger charge is -2.10. The molecular weight excluding hydrogens is 395 g/mol. The molecule has 1 unspecified atom stereocenters. The van der Waals surface area contributed by atoms with E-state index >= 15 is 0 Å². The van der Waals surface area contributed by atoms with Crippen molar-refractivity contribution in [3.05, 3.63) is 112 Å². The zero-order valence-corrected chi connectivity index (χ0v) is 18.5. The maximum absolute atomic E-state index is 14.6. The second kappa shape index (κ2) is 9.91. The van der Waals surface area contributed by atoms with E-state index in [2.05, 4.69) is 52.9 Å². The van der Waals surface area contributed by atoms with E-state index in [1.54, 1.807) is 12.1 Å². The second-order valence-electron chi connectivity index (χ2n) is 7.56. The number of hydrogen-bond acceptors (Lipinski definition) is 1. The molecule has 3 aromatic carbocycles. The molecule has 0 N–H and O–H groups in total.